The van der Waals surface area contributed by atoms with Gasteiger partial charge in [0.05, 0.1) is 12.1 Å². The number of rotatable bonds is 4. The van der Waals surface area contributed by atoms with Crippen molar-refractivity contribution in [3.63, 3.8) is 0 Å². The molecule has 0 aliphatic carbocycles. The van der Waals surface area contributed by atoms with E-state index < -0.39 is 12.0 Å². The fourth-order valence-corrected chi connectivity index (χ4v) is 1.50. The molecule has 7 heteroatoms. The molecule has 0 unspecified atom stereocenters. The SMILES string of the molecule is COc1ccc(NC(=O)N(C)CC(=O)O)cc1Cl. The number of nitrogens with one attached hydrogen (secondary N) is 1. The summed E-state index contributed by atoms with van der Waals surface area (Å²) in [6, 6.07) is 4.21. The Labute approximate surface area is 109 Å². The van der Waals surface area contributed by atoms with Crippen LogP contribution in [0, 0.1) is 0 Å². The fourth-order valence-electron chi connectivity index (χ4n) is 1.24. The largest absolute Gasteiger partial charge is 0.495 e. The van der Waals surface area contributed by atoms with Gasteiger partial charge in [0.15, 0.2) is 0 Å². The number of carboxylic acid groups (broad SMARTS) is 1. The predicted molar refractivity (Wildman–Crippen MR) is 67.3 cm³/mol. The molecule has 1 aromatic carbocycles. The number of carboxylic acids is 1. The average Bonchev–Trinajstić information content (AvgIpc) is 2.28. The third kappa shape index (κ3) is 3.81. The van der Waals surface area contributed by atoms with Gasteiger partial charge in [-0.15, -0.1) is 0 Å². The first-order chi connectivity index (χ1) is 8.43. The average molecular weight is 273 g/mol. The first kappa shape index (κ1) is 14.1. The number of ether oxygens (including phenoxy) is 1. The van der Waals surface area contributed by atoms with E-state index in [1.165, 1.54) is 20.2 Å². The molecule has 1 aromatic rings. The molecular formula is C11H13ClN2O4. The normalized spacial score (nSPS) is 9.72. The smallest absolute Gasteiger partial charge is 0.323 e. The number of halogens is 1. The minimum absolute atomic E-state index is 0.358. The highest BCUT2D eigenvalue weighted by Crippen LogP contribution is 2.27. The maximum Gasteiger partial charge on any atom is 0.323 e. The molecule has 0 saturated heterocycles. The molecule has 0 radical (unpaired) electrons. The Morgan fingerprint density at radius 3 is 2.67 bits per heavy atom. The number of benzene rings is 1. The Balaban J connectivity index is 2.70. The van der Waals surface area contributed by atoms with E-state index in [-0.39, 0.29) is 6.54 Å². The highest BCUT2D eigenvalue weighted by molar-refractivity contribution is 6.32. The zero-order valence-corrected chi connectivity index (χ0v) is 10.7. The minimum atomic E-state index is -1.08. The van der Waals surface area contributed by atoms with Crippen molar-refractivity contribution in [3.05, 3.63) is 23.2 Å². The number of anilines is 1. The lowest BCUT2D eigenvalue weighted by molar-refractivity contribution is -0.137. The van der Waals surface area contributed by atoms with E-state index in [2.05, 4.69) is 5.32 Å². The Morgan fingerprint density at radius 1 is 1.50 bits per heavy atom. The summed E-state index contributed by atoms with van der Waals surface area (Å²) in [4.78, 5) is 23.1. The van der Waals surface area contributed by atoms with Crippen molar-refractivity contribution in [2.24, 2.45) is 0 Å². The van der Waals surface area contributed by atoms with Crippen LogP contribution in [0.25, 0.3) is 0 Å². The molecule has 98 valence electrons. The van der Waals surface area contributed by atoms with Gasteiger partial charge in [0, 0.05) is 12.7 Å². The van der Waals surface area contributed by atoms with Crippen LogP contribution in [0.1, 0.15) is 0 Å². The van der Waals surface area contributed by atoms with Crippen molar-refractivity contribution < 1.29 is 19.4 Å². The van der Waals surface area contributed by atoms with Crippen molar-refractivity contribution in [1.29, 1.82) is 0 Å². The molecule has 0 bridgehead atoms. The van der Waals surface area contributed by atoms with Crippen LogP contribution >= 0.6 is 11.6 Å². The van der Waals surface area contributed by atoms with E-state index in [1.54, 1.807) is 12.1 Å². The molecule has 0 heterocycles. The summed E-state index contributed by atoms with van der Waals surface area (Å²) in [7, 11) is 2.87. The van der Waals surface area contributed by atoms with Crippen LogP contribution in [-0.4, -0.2) is 42.7 Å². The van der Waals surface area contributed by atoms with Crippen molar-refractivity contribution in [1.82, 2.24) is 4.90 Å². The fraction of sp³-hybridized carbons (Fsp3) is 0.273. The predicted octanol–water partition coefficient (Wildman–Crippen LogP) is 1.90. The maximum absolute atomic E-state index is 11.6. The molecule has 0 spiro atoms. The summed E-state index contributed by atoms with van der Waals surface area (Å²) < 4.78 is 4.97. The highest BCUT2D eigenvalue weighted by Gasteiger charge is 2.12. The van der Waals surface area contributed by atoms with Gasteiger partial charge in [-0.2, -0.15) is 0 Å². The van der Waals surface area contributed by atoms with Gasteiger partial charge in [0.1, 0.15) is 12.3 Å². The summed E-state index contributed by atoms with van der Waals surface area (Å²) >= 11 is 5.89. The zero-order valence-electron chi connectivity index (χ0n) is 9.94. The topological polar surface area (TPSA) is 78.9 Å². The Bertz CT molecular complexity index is 464. The van der Waals surface area contributed by atoms with E-state index in [9.17, 15) is 9.59 Å². The summed E-state index contributed by atoms with van der Waals surface area (Å²) in [6.07, 6.45) is 0. The molecular weight excluding hydrogens is 260 g/mol. The minimum Gasteiger partial charge on any atom is -0.495 e. The second-order valence-electron chi connectivity index (χ2n) is 3.53. The molecule has 0 aromatic heterocycles. The maximum atomic E-state index is 11.6. The van der Waals surface area contributed by atoms with Gasteiger partial charge in [-0.3, -0.25) is 4.79 Å². The lowest BCUT2D eigenvalue weighted by atomic mass is 10.3. The number of amides is 2. The zero-order chi connectivity index (χ0) is 13.7. The van der Waals surface area contributed by atoms with E-state index >= 15 is 0 Å². The second-order valence-corrected chi connectivity index (χ2v) is 3.94. The van der Waals surface area contributed by atoms with Crippen LogP contribution in [0.4, 0.5) is 10.5 Å². The molecule has 2 amide bonds. The first-order valence-corrected chi connectivity index (χ1v) is 5.39. The second kappa shape index (κ2) is 6.11. The molecule has 0 fully saturated rings. The lowest BCUT2D eigenvalue weighted by Gasteiger charge is -2.16. The number of hydrogen-bond acceptors (Lipinski definition) is 3. The van der Waals surface area contributed by atoms with Crippen LogP contribution in [0.2, 0.25) is 5.02 Å². The van der Waals surface area contributed by atoms with E-state index in [0.717, 1.165) is 4.90 Å². The summed E-state index contributed by atoms with van der Waals surface area (Å²) in [5, 5.41) is 11.4. The van der Waals surface area contributed by atoms with Crippen LogP contribution in [0.15, 0.2) is 18.2 Å². The molecule has 2 N–H and O–H groups in total. The van der Waals surface area contributed by atoms with Gasteiger partial charge < -0.3 is 20.1 Å². The summed E-state index contributed by atoms with van der Waals surface area (Å²) in [5.74, 6) is -0.589. The summed E-state index contributed by atoms with van der Waals surface area (Å²) in [5.41, 5.74) is 0.461. The number of carbonyl (C=O) groups is 2. The van der Waals surface area contributed by atoms with Gasteiger partial charge in [0.25, 0.3) is 0 Å². The number of likely N-dealkylation sites (N-methyl/N-ethyl adjacent to an activating group) is 1. The number of aliphatic carboxylic acids is 1. The standard InChI is InChI=1S/C11H13ClN2O4/c1-14(6-10(15)16)11(17)13-7-3-4-9(18-2)8(12)5-7/h3-5H,6H2,1-2H3,(H,13,17)(H,15,16). The number of carbonyl (C=O) groups excluding carboxylic acids is 1. The van der Waals surface area contributed by atoms with Crippen LogP contribution in [0.3, 0.4) is 0 Å². The van der Waals surface area contributed by atoms with Gasteiger partial charge >= 0.3 is 12.0 Å². The molecule has 6 nitrogen and oxygen atoms in total. The molecule has 0 aliphatic rings. The van der Waals surface area contributed by atoms with Crippen LogP contribution in [-0.2, 0) is 4.79 Å². The number of nitrogens with zero attached hydrogens (tertiary/aromatic N) is 1. The molecule has 0 saturated carbocycles. The van der Waals surface area contributed by atoms with Crippen molar-refractivity contribution in [2.45, 2.75) is 0 Å². The number of urea groups is 1. The monoisotopic (exact) mass is 272 g/mol. The van der Waals surface area contributed by atoms with Crippen molar-refractivity contribution >= 4 is 29.3 Å². The quantitative estimate of drug-likeness (QED) is 0.877. The van der Waals surface area contributed by atoms with Gasteiger partial charge in [-0.1, -0.05) is 11.6 Å². The van der Waals surface area contributed by atoms with Crippen LogP contribution < -0.4 is 10.1 Å². The number of hydrogen-bond donors (Lipinski definition) is 2. The molecule has 1 rings (SSSR count). The van der Waals surface area contributed by atoms with Crippen molar-refractivity contribution in [2.75, 3.05) is 26.0 Å². The Hall–Kier alpha value is -1.95. The molecule has 0 aliphatic heterocycles. The van der Waals surface area contributed by atoms with Gasteiger partial charge in [-0.25, -0.2) is 4.79 Å². The molecule has 18 heavy (non-hydrogen) atoms. The number of methoxy groups -OCH3 is 1. The van der Waals surface area contributed by atoms with Crippen LogP contribution in [0.5, 0.6) is 5.75 Å². The lowest BCUT2D eigenvalue weighted by Crippen LogP contribution is -2.35. The van der Waals surface area contributed by atoms with Gasteiger partial charge in [-0.05, 0) is 18.2 Å². The first-order valence-electron chi connectivity index (χ1n) is 5.01. The highest BCUT2D eigenvalue weighted by atomic mass is 35.5. The Morgan fingerprint density at radius 2 is 2.17 bits per heavy atom. The van der Waals surface area contributed by atoms with Gasteiger partial charge in [0.2, 0.25) is 0 Å². The molecule has 0 atom stereocenters. The van der Waals surface area contributed by atoms with E-state index in [4.69, 9.17) is 21.4 Å². The van der Waals surface area contributed by atoms with E-state index in [1.807, 2.05) is 0 Å². The summed E-state index contributed by atoms with van der Waals surface area (Å²) in [6.45, 7) is -0.379. The third-order valence-corrected chi connectivity index (χ3v) is 2.42. The van der Waals surface area contributed by atoms with E-state index in [0.29, 0.717) is 16.5 Å². The third-order valence-electron chi connectivity index (χ3n) is 2.12. The van der Waals surface area contributed by atoms with Crippen molar-refractivity contribution in [3.8, 4) is 5.75 Å². The Kier molecular flexibility index (Phi) is 4.79.